The SMILES string of the molecule is CCSCCNc1c(F)ccc(C)c1F. The van der Waals surface area contributed by atoms with Crippen molar-refractivity contribution in [2.45, 2.75) is 13.8 Å². The molecule has 0 aromatic heterocycles. The Balaban J connectivity index is 2.63. The standard InChI is InChI=1S/C11H15F2NS/c1-3-15-7-6-14-11-9(12)5-4-8(2)10(11)13/h4-5,14H,3,6-7H2,1-2H3. The van der Waals surface area contributed by atoms with Crippen LogP contribution in [0.3, 0.4) is 0 Å². The highest BCUT2D eigenvalue weighted by Crippen LogP contribution is 2.21. The second-order valence-electron chi connectivity index (χ2n) is 3.18. The third-order valence-electron chi connectivity index (χ3n) is 2.04. The molecule has 0 radical (unpaired) electrons. The highest BCUT2D eigenvalue weighted by molar-refractivity contribution is 7.99. The first-order chi connectivity index (χ1) is 7.16. The number of benzene rings is 1. The Labute approximate surface area is 93.3 Å². The molecule has 0 spiro atoms. The molecule has 0 saturated heterocycles. The van der Waals surface area contributed by atoms with Crippen molar-refractivity contribution in [1.82, 2.24) is 0 Å². The summed E-state index contributed by atoms with van der Waals surface area (Å²) in [6.45, 7) is 4.26. The van der Waals surface area contributed by atoms with E-state index in [4.69, 9.17) is 0 Å². The van der Waals surface area contributed by atoms with Gasteiger partial charge in [0.05, 0.1) is 0 Å². The van der Waals surface area contributed by atoms with Crippen molar-refractivity contribution in [3.8, 4) is 0 Å². The van der Waals surface area contributed by atoms with E-state index in [0.717, 1.165) is 11.5 Å². The predicted molar refractivity (Wildman–Crippen MR) is 62.6 cm³/mol. The molecule has 0 aliphatic heterocycles. The normalized spacial score (nSPS) is 10.4. The summed E-state index contributed by atoms with van der Waals surface area (Å²) >= 11 is 1.74. The molecule has 0 atom stereocenters. The van der Waals surface area contributed by atoms with Crippen LogP contribution in [0, 0.1) is 18.6 Å². The zero-order valence-corrected chi connectivity index (χ0v) is 9.76. The maximum Gasteiger partial charge on any atom is 0.152 e. The predicted octanol–water partition coefficient (Wildman–Crippen LogP) is 3.44. The van der Waals surface area contributed by atoms with Crippen LogP contribution >= 0.6 is 11.8 Å². The van der Waals surface area contributed by atoms with Crippen LogP contribution in [0.15, 0.2) is 12.1 Å². The van der Waals surface area contributed by atoms with Crippen molar-refractivity contribution in [2.75, 3.05) is 23.4 Å². The fourth-order valence-electron chi connectivity index (χ4n) is 1.21. The third kappa shape index (κ3) is 3.38. The average Bonchev–Trinajstić information content (AvgIpc) is 2.23. The second kappa shape index (κ2) is 5.95. The maximum absolute atomic E-state index is 13.5. The van der Waals surface area contributed by atoms with Gasteiger partial charge in [-0.25, -0.2) is 8.78 Å². The monoisotopic (exact) mass is 231 g/mol. The van der Waals surface area contributed by atoms with Gasteiger partial charge < -0.3 is 5.32 Å². The molecule has 0 fully saturated rings. The summed E-state index contributed by atoms with van der Waals surface area (Å²) in [6, 6.07) is 2.73. The average molecular weight is 231 g/mol. The van der Waals surface area contributed by atoms with Gasteiger partial charge in [0, 0.05) is 12.3 Å². The molecule has 84 valence electrons. The Morgan fingerprint density at radius 2 is 2.07 bits per heavy atom. The third-order valence-corrected chi connectivity index (χ3v) is 2.94. The molecule has 0 amide bonds. The van der Waals surface area contributed by atoms with E-state index >= 15 is 0 Å². The van der Waals surface area contributed by atoms with E-state index in [2.05, 4.69) is 12.2 Å². The van der Waals surface area contributed by atoms with Gasteiger partial charge in [0.1, 0.15) is 11.5 Å². The lowest BCUT2D eigenvalue weighted by atomic mass is 10.2. The molecule has 1 N–H and O–H groups in total. The van der Waals surface area contributed by atoms with Crippen LogP contribution in [-0.2, 0) is 0 Å². The molecule has 1 rings (SSSR count). The molecule has 0 unspecified atom stereocenters. The molecule has 1 nitrogen and oxygen atoms in total. The van der Waals surface area contributed by atoms with E-state index in [0.29, 0.717) is 12.1 Å². The van der Waals surface area contributed by atoms with Crippen LogP contribution in [-0.4, -0.2) is 18.1 Å². The van der Waals surface area contributed by atoms with Gasteiger partial charge in [-0.05, 0) is 24.3 Å². The number of hydrogen-bond acceptors (Lipinski definition) is 2. The summed E-state index contributed by atoms with van der Waals surface area (Å²) in [4.78, 5) is 0. The quantitative estimate of drug-likeness (QED) is 0.779. The van der Waals surface area contributed by atoms with E-state index in [1.807, 2.05) is 0 Å². The van der Waals surface area contributed by atoms with E-state index in [-0.39, 0.29) is 5.69 Å². The minimum Gasteiger partial charge on any atom is -0.379 e. The first kappa shape index (κ1) is 12.3. The van der Waals surface area contributed by atoms with Crippen molar-refractivity contribution in [2.24, 2.45) is 0 Å². The van der Waals surface area contributed by atoms with E-state index < -0.39 is 11.6 Å². The van der Waals surface area contributed by atoms with Gasteiger partial charge in [0.2, 0.25) is 0 Å². The van der Waals surface area contributed by atoms with Crippen molar-refractivity contribution < 1.29 is 8.78 Å². The smallest absolute Gasteiger partial charge is 0.152 e. The molecule has 1 aromatic rings. The van der Waals surface area contributed by atoms with Crippen LogP contribution in [0.4, 0.5) is 14.5 Å². The summed E-state index contributed by atoms with van der Waals surface area (Å²) in [7, 11) is 0. The number of halogens is 2. The zero-order chi connectivity index (χ0) is 11.3. The van der Waals surface area contributed by atoms with E-state index in [1.165, 1.54) is 12.1 Å². The summed E-state index contributed by atoms with van der Waals surface area (Å²) in [5, 5.41) is 2.79. The van der Waals surface area contributed by atoms with Crippen LogP contribution in [0.1, 0.15) is 12.5 Å². The van der Waals surface area contributed by atoms with Gasteiger partial charge in [-0.2, -0.15) is 11.8 Å². The highest BCUT2D eigenvalue weighted by Gasteiger charge is 2.10. The van der Waals surface area contributed by atoms with Crippen molar-refractivity contribution in [3.05, 3.63) is 29.3 Å². The number of thioether (sulfide) groups is 1. The Morgan fingerprint density at radius 3 is 2.73 bits per heavy atom. The summed E-state index contributed by atoms with van der Waals surface area (Å²) in [5.41, 5.74) is 0.453. The zero-order valence-electron chi connectivity index (χ0n) is 8.94. The first-order valence-electron chi connectivity index (χ1n) is 4.93. The molecule has 1 aromatic carbocycles. The lowest BCUT2D eigenvalue weighted by Crippen LogP contribution is -2.08. The minimum atomic E-state index is -0.528. The van der Waals surface area contributed by atoms with Gasteiger partial charge >= 0.3 is 0 Å². The summed E-state index contributed by atoms with van der Waals surface area (Å²) in [5.74, 6) is 0.847. The van der Waals surface area contributed by atoms with Crippen molar-refractivity contribution in [3.63, 3.8) is 0 Å². The van der Waals surface area contributed by atoms with Gasteiger partial charge in [-0.1, -0.05) is 13.0 Å². The van der Waals surface area contributed by atoms with Gasteiger partial charge in [-0.3, -0.25) is 0 Å². The topological polar surface area (TPSA) is 12.0 Å². The molecule has 0 aliphatic rings. The Kier molecular flexibility index (Phi) is 4.88. The summed E-state index contributed by atoms with van der Waals surface area (Å²) < 4.78 is 26.7. The number of rotatable bonds is 5. The lowest BCUT2D eigenvalue weighted by Gasteiger charge is -2.09. The Morgan fingerprint density at radius 1 is 1.33 bits per heavy atom. The van der Waals surface area contributed by atoms with Crippen LogP contribution in [0.2, 0.25) is 0 Å². The molecule has 0 aliphatic carbocycles. The molecule has 15 heavy (non-hydrogen) atoms. The van der Waals surface area contributed by atoms with Gasteiger partial charge in [-0.15, -0.1) is 0 Å². The molecular formula is C11H15F2NS. The fraction of sp³-hybridized carbons (Fsp3) is 0.455. The fourth-order valence-corrected chi connectivity index (χ4v) is 1.75. The number of anilines is 1. The van der Waals surface area contributed by atoms with E-state index in [1.54, 1.807) is 18.7 Å². The molecular weight excluding hydrogens is 216 g/mol. The second-order valence-corrected chi connectivity index (χ2v) is 4.57. The molecule has 0 bridgehead atoms. The highest BCUT2D eigenvalue weighted by atomic mass is 32.2. The molecule has 0 saturated carbocycles. The number of aryl methyl sites for hydroxylation is 1. The number of hydrogen-bond donors (Lipinski definition) is 1. The van der Waals surface area contributed by atoms with Crippen molar-refractivity contribution in [1.29, 1.82) is 0 Å². The molecule has 0 heterocycles. The minimum absolute atomic E-state index is 0.00768. The lowest BCUT2D eigenvalue weighted by molar-refractivity contribution is 0.583. The summed E-state index contributed by atoms with van der Waals surface area (Å²) in [6.07, 6.45) is 0. The van der Waals surface area contributed by atoms with Gasteiger partial charge in [0.15, 0.2) is 5.82 Å². The van der Waals surface area contributed by atoms with Crippen LogP contribution in [0.25, 0.3) is 0 Å². The van der Waals surface area contributed by atoms with Crippen LogP contribution in [0.5, 0.6) is 0 Å². The largest absolute Gasteiger partial charge is 0.379 e. The van der Waals surface area contributed by atoms with Crippen molar-refractivity contribution >= 4 is 17.4 Å². The van der Waals surface area contributed by atoms with Gasteiger partial charge in [0.25, 0.3) is 0 Å². The maximum atomic E-state index is 13.5. The Bertz CT molecular complexity index is 329. The van der Waals surface area contributed by atoms with Crippen LogP contribution < -0.4 is 5.32 Å². The first-order valence-corrected chi connectivity index (χ1v) is 6.08. The molecule has 4 heteroatoms. The number of nitrogens with one attached hydrogen (secondary N) is 1. The van der Waals surface area contributed by atoms with E-state index in [9.17, 15) is 8.78 Å². The Hall–Kier alpha value is -0.770.